The minimum absolute atomic E-state index is 0.0582. The van der Waals surface area contributed by atoms with E-state index in [1.807, 2.05) is 24.3 Å². The van der Waals surface area contributed by atoms with Gasteiger partial charge in [0.25, 0.3) is 5.69 Å². The van der Waals surface area contributed by atoms with Crippen LogP contribution in [-0.4, -0.2) is 11.1 Å². The molecule has 1 aliphatic rings. The average Bonchev–Trinajstić information content (AvgIpc) is 3.18. The Hall–Kier alpha value is -3.50. The molecule has 34 heavy (non-hydrogen) atoms. The monoisotopic (exact) mass is 473 g/mol. The van der Waals surface area contributed by atoms with Gasteiger partial charge in [-0.3, -0.25) is 10.1 Å². The summed E-state index contributed by atoms with van der Waals surface area (Å²) in [7, 11) is 0. The first-order chi connectivity index (χ1) is 16.2. The van der Waals surface area contributed by atoms with Crippen LogP contribution in [0, 0.1) is 32.8 Å². The summed E-state index contributed by atoms with van der Waals surface area (Å²) in [5, 5.41) is 21.3. The number of nitro benzene ring substituents is 1. The predicted molar refractivity (Wildman–Crippen MR) is 135 cm³/mol. The maximum absolute atomic E-state index is 10.8. The second-order valence-corrected chi connectivity index (χ2v) is 10.7. The van der Waals surface area contributed by atoms with Crippen LogP contribution < -0.4 is 4.74 Å². The van der Waals surface area contributed by atoms with Gasteiger partial charge in [-0.05, 0) is 71.6 Å². The van der Waals surface area contributed by atoms with Gasteiger partial charge in [-0.1, -0.05) is 32.9 Å². The van der Waals surface area contributed by atoms with Crippen LogP contribution in [0.3, 0.4) is 0 Å². The van der Waals surface area contributed by atoms with E-state index in [9.17, 15) is 15.4 Å². The molecule has 1 aromatic heterocycles. The summed E-state index contributed by atoms with van der Waals surface area (Å²) < 4.78 is 5.86. The lowest BCUT2D eigenvalue weighted by Gasteiger charge is -2.33. The lowest BCUT2D eigenvalue weighted by Crippen LogP contribution is -2.26. The summed E-state index contributed by atoms with van der Waals surface area (Å²) in [5.41, 5.74) is 3.94. The molecule has 0 saturated carbocycles. The highest BCUT2D eigenvalue weighted by Crippen LogP contribution is 2.44. The number of thiophene rings is 1. The molecule has 0 radical (unpaired) electrons. The first-order valence-electron chi connectivity index (χ1n) is 11.3. The maximum Gasteiger partial charge on any atom is 0.269 e. The largest absolute Gasteiger partial charge is 0.489 e. The molecule has 3 aromatic rings. The van der Waals surface area contributed by atoms with E-state index in [2.05, 4.69) is 31.8 Å². The molecule has 1 heterocycles. The van der Waals surface area contributed by atoms with E-state index in [0.29, 0.717) is 23.8 Å². The number of fused-ring (bicyclic) bond motifs is 1. The van der Waals surface area contributed by atoms with Crippen LogP contribution in [0.2, 0.25) is 0 Å². The zero-order valence-corrected chi connectivity index (χ0v) is 20.4. The Morgan fingerprint density at radius 3 is 2.71 bits per heavy atom. The fourth-order valence-corrected chi connectivity index (χ4v) is 5.44. The lowest BCUT2D eigenvalue weighted by atomic mass is 9.72. The summed E-state index contributed by atoms with van der Waals surface area (Å²) in [6, 6.07) is 16.3. The van der Waals surface area contributed by atoms with Crippen molar-refractivity contribution in [2.75, 3.05) is 0 Å². The summed E-state index contributed by atoms with van der Waals surface area (Å²) in [6.07, 6.45) is 4.84. The van der Waals surface area contributed by atoms with Gasteiger partial charge in [0.1, 0.15) is 23.4 Å². The lowest BCUT2D eigenvalue weighted by molar-refractivity contribution is -0.384. The Kier molecular flexibility index (Phi) is 6.80. The average molecular weight is 474 g/mol. The smallest absolute Gasteiger partial charge is 0.269 e. The highest BCUT2D eigenvalue weighted by molar-refractivity contribution is 7.16. The molecule has 1 atom stereocenters. The van der Waals surface area contributed by atoms with Crippen LogP contribution in [0.5, 0.6) is 5.75 Å². The Labute approximate surface area is 203 Å². The van der Waals surface area contributed by atoms with E-state index in [-0.39, 0.29) is 11.1 Å². The van der Waals surface area contributed by atoms with Crippen molar-refractivity contribution in [3.63, 3.8) is 0 Å². The number of non-ortho nitro benzene ring substituents is 1. The Balaban J connectivity index is 1.46. The third-order valence-electron chi connectivity index (χ3n) is 6.32. The quantitative estimate of drug-likeness (QED) is 0.219. The number of ether oxygens (including phenoxy) is 1. The molecule has 0 amide bonds. The topological polar surface area (TPSA) is 88.5 Å². The van der Waals surface area contributed by atoms with E-state index in [0.717, 1.165) is 35.4 Å². The van der Waals surface area contributed by atoms with Crippen LogP contribution >= 0.6 is 11.3 Å². The van der Waals surface area contributed by atoms with Crippen molar-refractivity contribution in [3.05, 3.63) is 85.8 Å². The molecule has 0 unspecified atom stereocenters. The van der Waals surface area contributed by atoms with Crippen molar-refractivity contribution in [2.45, 2.75) is 46.6 Å². The Morgan fingerprint density at radius 2 is 2.03 bits per heavy atom. The molecular weight excluding hydrogens is 446 g/mol. The number of nitriles is 1. The summed E-state index contributed by atoms with van der Waals surface area (Å²) in [6.45, 7) is 7.18. The molecule has 2 aromatic carbocycles. The van der Waals surface area contributed by atoms with Crippen molar-refractivity contribution in [1.29, 1.82) is 5.26 Å². The zero-order chi connectivity index (χ0) is 24.3. The van der Waals surface area contributed by atoms with E-state index in [1.54, 1.807) is 29.7 Å². The summed E-state index contributed by atoms with van der Waals surface area (Å²) in [5.74, 6) is 1.30. The van der Waals surface area contributed by atoms with E-state index < -0.39 is 4.92 Å². The SMILES string of the molecule is CC(C)(C)[C@H]1CCc2c(sc(N=Cc3cccc(OCc4ccc([N+](=O)[O-])cc4)c3)c2C#N)C1. The van der Waals surface area contributed by atoms with Crippen molar-refractivity contribution >= 4 is 28.2 Å². The zero-order valence-electron chi connectivity index (χ0n) is 19.6. The third-order valence-corrected chi connectivity index (χ3v) is 7.49. The number of nitro groups is 1. The van der Waals surface area contributed by atoms with Crippen LogP contribution in [0.25, 0.3) is 0 Å². The van der Waals surface area contributed by atoms with Crippen molar-refractivity contribution in [2.24, 2.45) is 16.3 Å². The molecular formula is C27H27N3O3S. The van der Waals surface area contributed by atoms with Crippen LogP contribution in [0.15, 0.2) is 53.5 Å². The van der Waals surface area contributed by atoms with Gasteiger partial charge in [-0.25, -0.2) is 4.99 Å². The molecule has 0 spiro atoms. The number of hydrogen-bond acceptors (Lipinski definition) is 6. The molecule has 4 rings (SSSR count). The van der Waals surface area contributed by atoms with Crippen LogP contribution in [-0.2, 0) is 19.4 Å². The van der Waals surface area contributed by atoms with Crippen molar-refractivity contribution < 1.29 is 9.66 Å². The van der Waals surface area contributed by atoms with Gasteiger partial charge in [0.15, 0.2) is 0 Å². The van der Waals surface area contributed by atoms with Gasteiger partial charge in [0, 0.05) is 23.2 Å². The number of nitrogens with zero attached hydrogens (tertiary/aromatic N) is 3. The Bertz CT molecular complexity index is 1260. The van der Waals surface area contributed by atoms with Gasteiger partial charge in [-0.2, -0.15) is 5.26 Å². The Morgan fingerprint density at radius 1 is 1.26 bits per heavy atom. The highest BCUT2D eigenvalue weighted by Gasteiger charge is 2.32. The number of benzene rings is 2. The molecule has 0 fully saturated rings. The standard InChI is InChI=1S/C27H27N3O3S/c1-27(2,3)20-9-12-23-24(15-28)26(34-25(23)14-20)29-16-19-5-4-6-22(13-19)33-17-18-7-10-21(11-8-18)30(31)32/h4-8,10-11,13,16,20H,9,12,14,17H2,1-3H3/t20-/m0/s1. The van der Waals surface area contributed by atoms with Crippen LogP contribution in [0.4, 0.5) is 10.7 Å². The number of rotatable bonds is 6. The van der Waals surface area contributed by atoms with Gasteiger partial charge in [-0.15, -0.1) is 11.3 Å². The molecule has 1 aliphatic carbocycles. The molecule has 7 heteroatoms. The second-order valence-electron chi connectivity index (χ2n) is 9.64. The number of aliphatic imine (C=N–C) groups is 1. The predicted octanol–water partition coefficient (Wildman–Crippen LogP) is 7.01. The molecule has 0 N–H and O–H groups in total. The molecule has 0 aliphatic heterocycles. The minimum Gasteiger partial charge on any atom is -0.489 e. The van der Waals surface area contributed by atoms with Crippen LogP contribution in [0.1, 0.15) is 54.3 Å². The second kappa shape index (κ2) is 9.78. The molecule has 0 bridgehead atoms. The molecule has 174 valence electrons. The molecule has 0 saturated heterocycles. The fraction of sp³-hybridized carbons (Fsp3) is 0.333. The van der Waals surface area contributed by atoms with Gasteiger partial charge < -0.3 is 4.74 Å². The molecule has 6 nitrogen and oxygen atoms in total. The fourth-order valence-electron chi connectivity index (χ4n) is 4.22. The van der Waals surface area contributed by atoms with E-state index >= 15 is 0 Å². The first kappa shape index (κ1) is 23.7. The summed E-state index contributed by atoms with van der Waals surface area (Å²) >= 11 is 1.64. The van der Waals surface area contributed by atoms with Crippen molar-refractivity contribution in [3.8, 4) is 11.8 Å². The van der Waals surface area contributed by atoms with Gasteiger partial charge >= 0.3 is 0 Å². The highest BCUT2D eigenvalue weighted by atomic mass is 32.1. The number of hydrogen-bond donors (Lipinski definition) is 0. The maximum atomic E-state index is 10.8. The van der Waals surface area contributed by atoms with E-state index in [1.165, 1.54) is 22.6 Å². The van der Waals surface area contributed by atoms with Gasteiger partial charge in [0.2, 0.25) is 0 Å². The minimum atomic E-state index is -0.419. The van der Waals surface area contributed by atoms with Gasteiger partial charge in [0.05, 0.1) is 10.5 Å². The first-order valence-corrected chi connectivity index (χ1v) is 12.1. The third kappa shape index (κ3) is 5.35. The normalized spacial score (nSPS) is 15.6. The van der Waals surface area contributed by atoms with Crippen molar-refractivity contribution in [1.82, 2.24) is 0 Å². The van der Waals surface area contributed by atoms with E-state index in [4.69, 9.17) is 4.74 Å². The summed E-state index contributed by atoms with van der Waals surface area (Å²) in [4.78, 5) is 16.3.